The zero-order chi connectivity index (χ0) is 18.8. The van der Waals surface area contributed by atoms with Gasteiger partial charge >= 0.3 is 5.97 Å². The molecule has 2 fully saturated rings. The van der Waals surface area contributed by atoms with Gasteiger partial charge in [-0.2, -0.15) is 0 Å². The number of carbonyl (C=O) groups is 1. The molecule has 3 nitrogen and oxygen atoms in total. The van der Waals surface area contributed by atoms with E-state index in [0.29, 0.717) is 23.5 Å². The van der Waals surface area contributed by atoms with Gasteiger partial charge < -0.3 is 9.64 Å². The summed E-state index contributed by atoms with van der Waals surface area (Å²) in [5.74, 6) is -0.419. The summed E-state index contributed by atoms with van der Waals surface area (Å²) in [5.41, 5.74) is 2.05. The van der Waals surface area contributed by atoms with E-state index in [2.05, 4.69) is 11.9 Å². The fraction of sp³-hybridized carbons (Fsp3) is 0.435. The van der Waals surface area contributed by atoms with Crippen molar-refractivity contribution in [2.24, 2.45) is 0 Å². The van der Waals surface area contributed by atoms with Crippen LogP contribution in [0.15, 0.2) is 54.6 Å². The third-order valence-electron chi connectivity index (χ3n) is 6.15. The van der Waals surface area contributed by atoms with Gasteiger partial charge in [-0.3, -0.25) is 4.79 Å². The maximum absolute atomic E-state index is 13.1. The average molecular weight is 384 g/mol. The van der Waals surface area contributed by atoms with E-state index in [1.165, 1.54) is 12.8 Å². The van der Waals surface area contributed by atoms with Gasteiger partial charge in [0, 0.05) is 17.1 Å². The molecule has 142 valence electrons. The van der Waals surface area contributed by atoms with Crippen LogP contribution in [0, 0.1) is 0 Å². The van der Waals surface area contributed by atoms with E-state index in [1.807, 2.05) is 54.6 Å². The van der Waals surface area contributed by atoms with Crippen molar-refractivity contribution in [2.75, 3.05) is 7.05 Å². The SMILES string of the molecule is CN1[C@@H]2CC[C@H]1CC(OC(=O)C(Cc1cccc(Cl)c1)c1ccccc1)C2. The number of piperidine rings is 1. The summed E-state index contributed by atoms with van der Waals surface area (Å²) in [6, 6.07) is 18.8. The fourth-order valence-electron chi connectivity index (χ4n) is 4.63. The summed E-state index contributed by atoms with van der Waals surface area (Å²) in [6.45, 7) is 0. The summed E-state index contributed by atoms with van der Waals surface area (Å²) < 4.78 is 6.04. The Morgan fingerprint density at radius 2 is 1.81 bits per heavy atom. The molecular formula is C23H26ClNO2. The number of nitrogens with zero attached hydrogens (tertiary/aromatic N) is 1. The lowest BCUT2D eigenvalue weighted by Gasteiger charge is -2.36. The molecule has 2 aliphatic rings. The number of hydrogen-bond donors (Lipinski definition) is 0. The maximum Gasteiger partial charge on any atom is 0.314 e. The van der Waals surface area contributed by atoms with Crippen LogP contribution >= 0.6 is 11.6 Å². The fourth-order valence-corrected chi connectivity index (χ4v) is 4.84. The molecule has 0 aromatic heterocycles. The highest BCUT2D eigenvalue weighted by atomic mass is 35.5. The quantitative estimate of drug-likeness (QED) is 0.692. The van der Waals surface area contributed by atoms with Gasteiger partial charge in [-0.25, -0.2) is 0 Å². The molecule has 0 saturated carbocycles. The second kappa shape index (κ2) is 8.04. The number of rotatable bonds is 5. The van der Waals surface area contributed by atoms with Crippen molar-refractivity contribution in [3.05, 3.63) is 70.7 Å². The Hall–Kier alpha value is -1.84. The van der Waals surface area contributed by atoms with Gasteiger partial charge in [-0.1, -0.05) is 54.1 Å². The van der Waals surface area contributed by atoms with Crippen molar-refractivity contribution in [3.8, 4) is 0 Å². The second-order valence-corrected chi connectivity index (χ2v) is 8.31. The molecule has 2 aliphatic heterocycles. The van der Waals surface area contributed by atoms with Gasteiger partial charge in [0.2, 0.25) is 0 Å². The van der Waals surface area contributed by atoms with E-state index in [4.69, 9.17) is 16.3 Å². The summed E-state index contributed by atoms with van der Waals surface area (Å²) in [4.78, 5) is 15.6. The average Bonchev–Trinajstić information content (AvgIpc) is 2.88. The summed E-state index contributed by atoms with van der Waals surface area (Å²) in [7, 11) is 2.20. The maximum atomic E-state index is 13.1. The molecule has 2 heterocycles. The predicted molar refractivity (Wildman–Crippen MR) is 108 cm³/mol. The molecule has 2 unspecified atom stereocenters. The molecule has 2 saturated heterocycles. The van der Waals surface area contributed by atoms with Gasteiger partial charge in [-0.15, -0.1) is 0 Å². The lowest BCUT2D eigenvalue weighted by atomic mass is 9.91. The zero-order valence-electron chi connectivity index (χ0n) is 15.7. The van der Waals surface area contributed by atoms with Gasteiger partial charge in [-0.05, 0) is 62.4 Å². The number of esters is 1. The van der Waals surface area contributed by atoms with E-state index in [1.54, 1.807) is 0 Å². The third kappa shape index (κ3) is 4.20. The second-order valence-electron chi connectivity index (χ2n) is 7.88. The molecule has 0 aliphatic carbocycles. The van der Waals surface area contributed by atoms with E-state index in [0.717, 1.165) is 24.0 Å². The van der Waals surface area contributed by atoms with Crippen LogP contribution in [0.3, 0.4) is 0 Å². The van der Waals surface area contributed by atoms with Crippen LogP contribution in [0.4, 0.5) is 0 Å². The highest BCUT2D eigenvalue weighted by Crippen LogP contribution is 2.36. The van der Waals surface area contributed by atoms with Gasteiger partial charge in [0.1, 0.15) is 6.10 Å². The standard InChI is InChI=1S/C23H26ClNO2/c1-25-19-10-11-20(25)15-21(14-19)27-23(26)22(17-7-3-2-4-8-17)13-16-6-5-9-18(24)12-16/h2-9,12,19-22H,10-11,13-15H2,1H3/t19-,20+,21?,22?. The van der Waals surface area contributed by atoms with Crippen molar-refractivity contribution in [3.63, 3.8) is 0 Å². The first-order valence-electron chi connectivity index (χ1n) is 9.82. The molecule has 4 rings (SSSR count). The number of hydrogen-bond acceptors (Lipinski definition) is 3. The normalized spacial score (nSPS) is 25.9. The Morgan fingerprint density at radius 1 is 1.11 bits per heavy atom. The van der Waals surface area contributed by atoms with Crippen LogP contribution in [-0.4, -0.2) is 36.1 Å². The number of halogens is 1. The molecule has 0 amide bonds. The van der Waals surface area contributed by atoms with Crippen molar-refractivity contribution >= 4 is 17.6 Å². The van der Waals surface area contributed by atoms with Gasteiger partial charge in [0.15, 0.2) is 0 Å². The van der Waals surface area contributed by atoms with Crippen LogP contribution in [0.1, 0.15) is 42.7 Å². The lowest BCUT2D eigenvalue weighted by molar-refractivity contribution is -0.154. The van der Waals surface area contributed by atoms with Crippen LogP contribution in [0.2, 0.25) is 5.02 Å². The zero-order valence-corrected chi connectivity index (χ0v) is 16.4. The van der Waals surface area contributed by atoms with Crippen LogP contribution in [-0.2, 0) is 16.0 Å². The summed E-state index contributed by atoms with van der Waals surface area (Å²) >= 11 is 6.14. The topological polar surface area (TPSA) is 29.5 Å². The minimum Gasteiger partial charge on any atom is -0.462 e. The molecule has 0 spiro atoms. The smallest absolute Gasteiger partial charge is 0.314 e. The number of fused-ring (bicyclic) bond motifs is 2. The Bertz CT molecular complexity index is 780. The first-order chi connectivity index (χ1) is 13.1. The lowest BCUT2D eigenvalue weighted by Crippen LogP contribution is -2.43. The molecule has 4 atom stereocenters. The Labute approximate surface area is 166 Å². The van der Waals surface area contributed by atoms with E-state index < -0.39 is 0 Å². The predicted octanol–water partition coefficient (Wildman–Crippen LogP) is 4.83. The third-order valence-corrected chi connectivity index (χ3v) is 6.39. The monoisotopic (exact) mass is 383 g/mol. The minimum absolute atomic E-state index is 0.0387. The van der Waals surface area contributed by atoms with Crippen molar-refractivity contribution in [1.82, 2.24) is 4.90 Å². The summed E-state index contributed by atoms with van der Waals surface area (Å²) in [5, 5.41) is 0.694. The highest BCUT2D eigenvalue weighted by Gasteiger charge is 2.40. The molecule has 2 aromatic carbocycles. The Morgan fingerprint density at radius 3 is 2.48 bits per heavy atom. The first-order valence-corrected chi connectivity index (χ1v) is 10.2. The molecule has 0 N–H and O–H groups in total. The molecule has 0 radical (unpaired) electrons. The van der Waals surface area contributed by atoms with Gasteiger partial charge in [0.05, 0.1) is 5.92 Å². The Balaban J connectivity index is 1.50. The van der Waals surface area contributed by atoms with Crippen molar-refractivity contribution < 1.29 is 9.53 Å². The first kappa shape index (κ1) is 18.5. The van der Waals surface area contributed by atoms with Gasteiger partial charge in [0.25, 0.3) is 0 Å². The molecule has 27 heavy (non-hydrogen) atoms. The molecule has 2 aromatic rings. The van der Waals surface area contributed by atoms with E-state index in [9.17, 15) is 4.79 Å². The van der Waals surface area contributed by atoms with Crippen molar-refractivity contribution in [2.45, 2.75) is 56.2 Å². The number of ether oxygens (including phenoxy) is 1. The van der Waals surface area contributed by atoms with Crippen LogP contribution in [0.25, 0.3) is 0 Å². The minimum atomic E-state index is -0.304. The number of benzene rings is 2. The highest BCUT2D eigenvalue weighted by molar-refractivity contribution is 6.30. The molecule has 2 bridgehead atoms. The number of carbonyl (C=O) groups excluding carboxylic acids is 1. The van der Waals surface area contributed by atoms with E-state index >= 15 is 0 Å². The Kier molecular flexibility index (Phi) is 5.51. The van der Waals surface area contributed by atoms with E-state index in [-0.39, 0.29) is 18.0 Å². The molecular weight excluding hydrogens is 358 g/mol. The van der Waals surface area contributed by atoms with Crippen molar-refractivity contribution in [1.29, 1.82) is 0 Å². The van der Waals surface area contributed by atoms with Crippen LogP contribution in [0.5, 0.6) is 0 Å². The van der Waals surface area contributed by atoms with Crippen LogP contribution < -0.4 is 0 Å². The summed E-state index contributed by atoms with van der Waals surface area (Å²) in [6.07, 6.45) is 4.99. The largest absolute Gasteiger partial charge is 0.462 e. The molecule has 4 heteroatoms.